The number of fused-ring (bicyclic) bond motifs is 1. The molecular formula is C27H22N2O5. The predicted octanol–water partition coefficient (Wildman–Crippen LogP) is 4.83. The average molecular weight is 454 g/mol. The van der Waals surface area contributed by atoms with Gasteiger partial charge in [0.05, 0.1) is 29.3 Å². The van der Waals surface area contributed by atoms with Crippen LogP contribution in [0, 0.1) is 0 Å². The molecule has 0 aliphatic carbocycles. The van der Waals surface area contributed by atoms with Crippen LogP contribution < -0.4 is 15.0 Å². The number of nitrogens with zero attached hydrogens (tertiary/aromatic N) is 2. The quantitative estimate of drug-likeness (QED) is 0.384. The number of para-hydroxylation sites is 1. The van der Waals surface area contributed by atoms with E-state index in [0.29, 0.717) is 40.5 Å². The molecule has 7 nitrogen and oxygen atoms in total. The van der Waals surface area contributed by atoms with Crippen LogP contribution in [0.4, 0.5) is 0 Å². The maximum atomic E-state index is 13.4. The van der Waals surface area contributed by atoms with E-state index in [2.05, 4.69) is 11.6 Å². The Hall–Kier alpha value is -4.65. The van der Waals surface area contributed by atoms with Crippen LogP contribution >= 0.6 is 0 Å². The van der Waals surface area contributed by atoms with Crippen molar-refractivity contribution < 1.29 is 19.4 Å². The molecule has 0 unspecified atom stereocenters. The van der Waals surface area contributed by atoms with E-state index in [-0.39, 0.29) is 11.1 Å². The van der Waals surface area contributed by atoms with Crippen LogP contribution in [0.1, 0.15) is 21.7 Å². The maximum absolute atomic E-state index is 13.4. The third kappa shape index (κ3) is 4.59. The highest BCUT2D eigenvalue weighted by Gasteiger charge is 2.12. The van der Waals surface area contributed by atoms with Gasteiger partial charge in [0.15, 0.2) is 11.5 Å². The van der Waals surface area contributed by atoms with Gasteiger partial charge < -0.3 is 14.6 Å². The van der Waals surface area contributed by atoms with Gasteiger partial charge in [-0.3, -0.25) is 9.36 Å². The summed E-state index contributed by atoms with van der Waals surface area (Å²) in [5.41, 5.74) is 1.78. The van der Waals surface area contributed by atoms with Crippen LogP contribution in [0.3, 0.4) is 0 Å². The number of aromatic nitrogens is 2. The topological polar surface area (TPSA) is 90.7 Å². The van der Waals surface area contributed by atoms with E-state index in [0.717, 1.165) is 5.56 Å². The van der Waals surface area contributed by atoms with Crippen molar-refractivity contribution in [3.8, 4) is 17.2 Å². The van der Waals surface area contributed by atoms with Gasteiger partial charge in [0.1, 0.15) is 12.4 Å². The van der Waals surface area contributed by atoms with Gasteiger partial charge in [0.25, 0.3) is 5.56 Å². The predicted molar refractivity (Wildman–Crippen MR) is 132 cm³/mol. The molecule has 0 amide bonds. The van der Waals surface area contributed by atoms with Gasteiger partial charge in [-0.2, -0.15) is 0 Å². The van der Waals surface area contributed by atoms with Crippen LogP contribution in [-0.2, 0) is 0 Å². The molecule has 0 saturated heterocycles. The Labute approximate surface area is 195 Å². The Balaban J connectivity index is 1.81. The molecule has 0 radical (unpaired) electrons. The minimum Gasteiger partial charge on any atom is -0.493 e. The summed E-state index contributed by atoms with van der Waals surface area (Å²) in [6, 6.07) is 18.7. The van der Waals surface area contributed by atoms with Crippen LogP contribution in [0.5, 0.6) is 11.5 Å². The molecule has 3 aromatic carbocycles. The van der Waals surface area contributed by atoms with Crippen molar-refractivity contribution in [1.82, 2.24) is 9.55 Å². The minimum absolute atomic E-state index is 0.133. The standard InChI is InChI=1S/C27H22N2O5/c1-3-16-34-23-14-8-18(17-24(23)33-2)9-15-25-28-22-7-5-4-6-21(22)26(30)29(25)20-12-10-19(11-13-20)27(31)32/h3-15,17H,1,16H2,2H3,(H,31,32)/b15-9+. The van der Waals surface area contributed by atoms with Gasteiger partial charge >= 0.3 is 5.97 Å². The van der Waals surface area contributed by atoms with Crippen molar-refractivity contribution in [2.45, 2.75) is 0 Å². The first-order chi connectivity index (χ1) is 16.5. The Kier molecular flexibility index (Phi) is 6.54. The Morgan fingerprint density at radius 3 is 2.53 bits per heavy atom. The van der Waals surface area contributed by atoms with Gasteiger partial charge in [-0.25, -0.2) is 9.78 Å². The van der Waals surface area contributed by atoms with Crippen molar-refractivity contribution in [3.05, 3.63) is 107 Å². The van der Waals surface area contributed by atoms with Gasteiger partial charge in [0, 0.05) is 0 Å². The van der Waals surface area contributed by atoms with Crippen molar-refractivity contribution in [2.24, 2.45) is 0 Å². The first kappa shape index (κ1) is 22.5. The largest absolute Gasteiger partial charge is 0.493 e. The number of carboxylic acids is 1. The Morgan fingerprint density at radius 2 is 1.82 bits per heavy atom. The number of carboxylic acid groups (broad SMARTS) is 1. The second-order valence-electron chi connectivity index (χ2n) is 7.32. The fourth-order valence-corrected chi connectivity index (χ4v) is 3.49. The SMILES string of the molecule is C=CCOc1ccc(/C=C/c2nc3ccccc3c(=O)n2-c2ccc(C(=O)O)cc2)cc1OC. The zero-order valence-electron chi connectivity index (χ0n) is 18.5. The lowest BCUT2D eigenvalue weighted by Crippen LogP contribution is -2.22. The van der Waals surface area contributed by atoms with Crippen molar-refractivity contribution in [3.63, 3.8) is 0 Å². The molecule has 0 spiro atoms. The number of ether oxygens (including phenoxy) is 2. The summed E-state index contributed by atoms with van der Waals surface area (Å²) in [6.45, 7) is 4.01. The lowest BCUT2D eigenvalue weighted by Gasteiger charge is -2.12. The van der Waals surface area contributed by atoms with Crippen molar-refractivity contribution in [1.29, 1.82) is 0 Å². The summed E-state index contributed by atoms with van der Waals surface area (Å²) >= 11 is 0. The van der Waals surface area contributed by atoms with E-state index in [4.69, 9.17) is 9.47 Å². The number of aromatic carboxylic acids is 1. The van der Waals surface area contributed by atoms with Crippen molar-refractivity contribution in [2.75, 3.05) is 13.7 Å². The van der Waals surface area contributed by atoms with Crippen LogP contribution in [0.15, 0.2) is 84.2 Å². The van der Waals surface area contributed by atoms with Crippen LogP contribution in [0.25, 0.3) is 28.7 Å². The molecule has 0 saturated carbocycles. The molecule has 1 heterocycles. The molecule has 0 bridgehead atoms. The summed E-state index contributed by atoms with van der Waals surface area (Å²) in [4.78, 5) is 29.3. The molecule has 0 aliphatic rings. The van der Waals surface area contributed by atoms with Crippen LogP contribution in [-0.4, -0.2) is 34.3 Å². The summed E-state index contributed by atoms with van der Waals surface area (Å²) in [7, 11) is 1.56. The fourth-order valence-electron chi connectivity index (χ4n) is 3.49. The van der Waals surface area contributed by atoms with E-state index in [1.54, 1.807) is 55.7 Å². The first-order valence-electron chi connectivity index (χ1n) is 10.5. The number of hydrogen-bond acceptors (Lipinski definition) is 5. The number of carbonyl (C=O) groups is 1. The number of rotatable bonds is 8. The number of benzene rings is 3. The maximum Gasteiger partial charge on any atom is 0.335 e. The van der Waals surface area contributed by atoms with Gasteiger partial charge in [-0.05, 0) is 60.2 Å². The molecule has 0 aliphatic heterocycles. The van der Waals surface area contributed by atoms with E-state index >= 15 is 0 Å². The highest BCUT2D eigenvalue weighted by atomic mass is 16.5. The number of methoxy groups -OCH3 is 1. The molecule has 1 N–H and O–H groups in total. The highest BCUT2D eigenvalue weighted by molar-refractivity contribution is 5.88. The third-order valence-electron chi connectivity index (χ3n) is 5.14. The lowest BCUT2D eigenvalue weighted by molar-refractivity contribution is 0.0697. The van der Waals surface area contributed by atoms with E-state index in [9.17, 15) is 14.7 Å². The minimum atomic E-state index is -1.04. The molecular weight excluding hydrogens is 432 g/mol. The van der Waals surface area contributed by atoms with Gasteiger partial charge in [-0.15, -0.1) is 0 Å². The number of hydrogen-bond donors (Lipinski definition) is 1. The second kappa shape index (κ2) is 9.87. The Bertz CT molecular complexity index is 1450. The van der Waals surface area contributed by atoms with Crippen molar-refractivity contribution >= 4 is 29.0 Å². The third-order valence-corrected chi connectivity index (χ3v) is 5.14. The summed E-state index contributed by atoms with van der Waals surface area (Å²) in [5, 5.41) is 9.67. The summed E-state index contributed by atoms with van der Waals surface area (Å²) in [6.07, 6.45) is 5.21. The normalized spacial score (nSPS) is 11.0. The smallest absolute Gasteiger partial charge is 0.335 e. The van der Waals surface area contributed by atoms with E-state index < -0.39 is 5.97 Å². The lowest BCUT2D eigenvalue weighted by atomic mass is 10.1. The van der Waals surface area contributed by atoms with Gasteiger partial charge in [-0.1, -0.05) is 36.9 Å². The molecule has 0 fully saturated rings. The van der Waals surface area contributed by atoms with E-state index in [1.165, 1.54) is 16.7 Å². The molecule has 7 heteroatoms. The molecule has 0 atom stereocenters. The molecule has 1 aromatic heterocycles. The second-order valence-corrected chi connectivity index (χ2v) is 7.32. The zero-order chi connectivity index (χ0) is 24.1. The Morgan fingerprint density at radius 1 is 1.06 bits per heavy atom. The van der Waals surface area contributed by atoms with Gasteiger partial charge in [0.2, 0.25) is 0 Å². The van der Waals surface area contributed by atoms with Crippen LogP contribution in [0.2, 0.25) is 0 Å². The molecule has 34 heavy (non-hydrogen) atoms. The molecule has 170 valence electrons. The average Bonchev–Trinajstić information content (AvgIpc) is 2.86. The molecule has 4 aromatic rings. The molecule has 4 rings (SSSR count). The zero-order valence-corrected chi connectivity index (χ0v) is 18.5. The fraction of sp³-hybridized carbons (Fsp3) is 0.0741. The summed E-state index contributed by atoms with van der Waals surface area (Å²) < 4.78 is 12.5. The van der Waals surface area contributed by atoms with E-state index in [1.807, 2.05) is 24.3 Å². The highest BCUT2D eigenvalue weighted by Crippen LogP contribution is 2.29. The summed E-state index contributed by atoms with van der Waals surface area (Å²) in [5.74, 6) is 0.527. The first-order valence-corrected chi connectivity index (χ1v) is 10.5. The monoisotopic (exact) mass is 454 g/mol.